The van der Waals surface area contributed by atoms with E-state index in [0.29, 0.717) is 23.6 Å². The monoisotopic (exact) mass is 303 g/mol. The normalized spacial score (nSPS) is 19.1. The smallest absolute Gasteiger partial charge is 0.274 e. The highest BCUT2D eigenvalue weighted by molar-refractivity contribution is 5.93. The number of H-pyrrole nitrogens is 1. The molecule has 1 saturated heterocycles. The molecule has 2 aromatic heterocycles. The van der Waals surface area contributed by atoms with Gasteiger partial charge in [0, 0.05) is 25.3 Å². The first kappa shape index (κ1) is 14.8. The first-order valence-corrected chi connectivity index (χ1v) is 7.80. The van der Waals surface area contributed by atoms with E-state index >= 15 is 0 Å². The highest BCUT2D eigenvalue weighted by Gasteiger charge is 2.27. The molecule has 1 amide bonds. The zero-order valence-electron chi connectivity index (χ0n) is 12.5. The van der Waals surface area contributed by atoms with Crippen molar-refractivity contribution in [3.05, 3.63) is 30.2 Å². The Balaban J connectivity index is 1.79. The van der Waals surface area contributed by atoms with Crippen molar-refractivity contribution in [1.29, 1.82) is 0 Å². The lowest BCUT2D eigenvalue weighted by molar-refractivity contribution is 0.0647. The number of aliphatic hydroxyl groups excluding tert-OH is 1. The van der Waals surface area contributed by atoms with Gasteiger partial charge in [-0.15, -0.1) is 0 Å². The molecule has 22 heavy (non-hydrogen) atoms. The van der Waals surface area contributed by atoms with Gasteiger partial charge in [0.1, 0.15) is 5.69 Å². The van der Waals surface area contributed by atoms with Crippen molar-refractivity contribution < 1.29 is 14.3 Å². The summed E-state index contributed by atoms with van der Waals surface area (Å²) in [4.78, 5) is 14.6. The molecule has 3 heterocycles. The van der Waals surface area contributed by atoms with Crippen LogP contribution < -0.4 is 0 Å². The quantitative estimate of drug-likeness (QED) is 0.909. The molecule has 3 rings (SSSR count). The van der Waals surface area contributed by atoms with Crippen LogP contribution >= 0.6 is 0 Å². The Kier molecular flexibility index (Phi) is 4.58. The summed E-state index contributed by atoms with van der Waals surface area (Å²) in [6.07, 6.45) is 6.40. The predicted octanol–water partition coefficient (Wildman–Crippen LogP) is 2.44. The van der Waals surface area contributed by atoms with Gasteiger partial charge in [0.15, 0.2) is 11.5 Å². The molecule has 0 radical (unpaired) electrons. The van der Waals surface area contributed by atoms with Gasteiger partial charge in [-0.05, 0) is 31.4 Å². The van der Waals surface area contributed by atoms with E-state index in [1.165, 1.54) is 0 Å². The van der Waals surface area contributed by atoms with E-state index in [4.69, 9.17) is 4.42 Å². The van der Waals surface area contributed by atoms with Gasteiger partial charge in [-0.3, -0.25) is 9.89 Å². The molecule has 2 N–H and O–H groups in total. The molecule has 1 atom stereocenters. The summed E-state index contributed by atoms with van der Waals surface area (Å²) in [5, 5.41) is 16.2. The average Bonchev–Trinajstić information content (AvgIpc) is 3.16. The van der Waals surface area contributed by atoms with Gasteiger partial charge >= 0.3 is 0 Å². The molecule has 118 valence electrons. The van der Waals surface area contributed by atoms with Crippen LogP contribution in [0.15, 0.2) is 28.9 Å². The van der Waals surface area contributed by atoms with Crippen molar-refractivity contribution in [3.8, 4) is 11.5 Å². The number of furan rings is 1. The second-order valence-corrected chi connectivity index (χ2v) is 5.66. The lowest BCUT2D eigenvalue weighted by Gasteiger charge is -2.29. The minimum atomic E-state index is -0.0746. The number of aromatic nitrogens is 2. The number of nitrogens with zero attached hydrogens (tertiary/aromatic N) is 2. The summed E-state index contributed by atoms with van der Waals surface area (Å²) < 4.78 is 5.31. The minimum absolute atomic E-state index is 0.0746. The fourth-order valence-corrected chi connectivity index (χ4v) is 3.03. The van der Waals surface area contributed by atoms with Crippen molar-refractivity contribution in [2.75, 3.05) is 13.2 Å². The van der Waals surface area contributed by atoms with Crippen LogP contribution in [0.2, 0.25) is 0 Å². The molecule has 6 heteroatoms. The number of carbonyl (C=O) groups is 1. The molecule has 0 aliphatic carbocycles. The maximum Gasteiger partial charge on any atom is 0.274 e. The predicted molar refractivity (Wildman–Crippen MR) is 81.3 cm³/mol. The van der Waals surface area contributed by atoms with Crippen molar-refractivity contribution in [2.45, 2.75) is 38.1 Å². The van der Waals surface area contributed by atoms with Crippen LogP contribution in [-0.4, -0.2) is 45.3 Å². The number of rotatable bonds is 4. The van der Waals surface area contributed by atoms with Crippen LogP contribution in [0.25, 0.3) is 11.5 Å². The highest BCUT2D eigenvalue weighted by atomic mass is 16.3. The van der Waals surface area contributed by atoms with E-state index in [-0.39, 0.29) is 18.6 Å². The number of likely N-dealkylation sites (tertiary alicyclic amines) is 1. The molecule has 0 aromatic carbocycles. The Morgan fingerprint density at radius 2 is 2.36 bits per heavy atom. The molecular weight excluding hydrogens is 282 g/mol. The summed E-state index contributed by atoms with van der Waals surface area (Å²) in [6.45, 7) is 0.832. The number of amides is 1. The molecule has 0 spiro atoms. The maximum absolute atomic E-state index is 12.8. The van der Waals surface area contributed by atoms with Gasteiger partial charge in [0.2, 0.25) is 0 Å². The van der Waals surface area contributed by atoms with Gasteiger partial charge in [-0.25, -0.2) is 0 Å². The summed E-state index contributed by atoms with van der Waals surface area (Å²) in [5.41, 5.74) is 1.10. The molecular formula is C16H21N3O3. The second kappa shape index (κ2) is 6.79. The largest absolute Gasteiger partial charge is 0.463 e. The molecule has 1 unspecified atom stereocenters. The van der Waals surface area contributed by atoms with Crippen molar-refractivity contribution in [3.63, 3.8) is 0 Å². The minimum Gasteiger partial charge on any atom is -0.463 e. The van der Waals surface area contributed by atoms with E-state index in [9.17, 15) is 9.90 Å². The molecule has 1 aliphatic rings. The molecule has 2 aromatic rings. The number of aliphatic hydroxyl groups is 1. The fraction of sp³-hybridized carbons (Fsp3) is 0.500. The molecule has 1 fully saturated rings. The lowest BCUT2D eigenvalue weighted by Crippen LogP contribution is -2.40. The average molecular weight is 303 g/mol. The number of carbonyl (C=O) groups excluding carboxylic acids is 1. The van der Waals surface area contributed by atoms with E-state index in [2.05, 4.69) is 10.2 Å². The third kappa shape index (κ3) is 3.06. The summed E-state index contributed by atoms with van der Waals surface area (Å²) in [6, 6.07) is 5.44. The number of nitrogens with one attached hydrogen (secondary N) is 1. The zero-order valence-corrected chi connectivity index (χ0v) is 12.5. The van der Waals surface area contributed by atoms with Crippen LogP contribution in [0.3, 0.4) is 0 Å². The van der Waals surface area contributed by atoms with E-state index in [0.717, 1.165) is 32.2 Å². The topological polar surface area (TPSA) is 82.4 Å². The Hall–Kier alpha value is -2.08. The Morgan fingerprint density at radius 1 is 1.45 bits per heavy atom. The van der Waals surface area contributed by atoms with Crippen LogP contribution in [0, 0.1) is 0 Å². The molecule has 0 bridgehead atoms. The van der Waals surface area contributed by atoms with Crippen LogP contribution in [0.5, 0.6) is 0 Å². The lowest BCUT2D eigenvalue weighted by atomic mass is 10.1. The zero-order chi connectivity index (χ0) is 15.4. The number of aromatic amines is 1. The van der Waals surface area contributed by atoms with Crippen LogP contribution in [0.1, 0.15) is 42.6 Å². The molecule has 6 nitrogen and oxygen atoms in total. The standard InChI is InChI=1S/C16H21N3O3/c20-9-7-12-5-2-1-3-8-19(12)16(21)14-11-13(17-18-14)15-6-4-10-22-15/h4,6,10-12,20H,1-3,5,7-9H2,(H,17,18). The first-order chi connectivity index (χ1) is 10.8. The summed E-state index contributed by atoms with van der Waals surface area (Å²) in [7, 11) is 0. The van der Waals surface area contributed by atoms with Crippen molar-refractivity contribution in [2.24, 2.45) is 0 Å². The Labute approximate surface area is 129 Å². The van der Waals surface area contributed by atoms with E-state index in [1.54, 1.807) is 18.4 Å². The first-order valence-electron chi connectivity index (χ1n) is 7.80. The Bertz CT molecular complexity index is 606. The van der Waals surface area contributed by atoms with Gasteiger partial charge in [0.05, 0.1) is 6.26 Å². The van der Waals surface area contributed by atoms with E-state index in [1.807, 2.05) is 11.0 Å². The van der Waals surface area contributed by atoms with Crippen molar-refractivity contribution in [1.82, 2.24) is 15.1 Å². The van der Waals surface area contributed by atoms with Crippen LogP contribution in [0.4, 0.5) is 0 Å². The van der Waals surface area contributed by atoms with E-state index < -0.39 is 0 Å². The van der Waals surface area contributed by atoms with Crippen molar-refractivity contribution >= 4 is 5.91 Å². The third-order valence-electron chi connectivity index (χ3n) is 4.18. The van der Waals surface area contributed by atoms with Gasteiger partial charge in [0.25, 0.3) is 5.91 Å². The van der Waals surface area contributed by atoms with Gasteiger partial charge in [-0.2, -0.15) is 5.10 Å². The second-order valence-electron chi connectivity index (χ2n) is 5.66. The molecule has 1 aliphatic heterocycles. The van der Waals surface area contributed by atoms with Gasteiger partial charge in [-0.1, -0.05) is 12.8 Å². The fourth-order valence-electron chi connectivity index (χ4n) is 3.03. The third-order valence-corrected chi connectivity index (χ3v) is 4.18. The highest BCUT2D eigenvalue weighted by Crippen LogP contribution is 2.23. The summed E-state index contributed by atoms with van der Waals surface area (Å²) >= 11 is 0. The Morgan fingerprint density at radius 3 is 3.14 bits per heavy atom. The summed E-state index contributed by atoms with van der Waals surface area (Å²) in [5.74, 6) is 0.587. The van der Waals surface area contributed by atoms with Crippen LogP contribution in [-0.2, 0) is 0 Å². The number of hydrogen-bond donors (Lipinski definition) is 2. The number of hydrogen-bond acceptors (Lipinski definition) is 4. The maximum atomic E-state index is 12.8. The molecule has 0 saturated carbocycles. The van der Waals surface area contributed by atoms with Gasteiger partial charge < -0.3 is 14.4 Å². The SMILES string of the molecule is O=C(c1cc(-c2ccco2)[nH]n1)N1CCCCCC1CCO.